The van der Waals surface area contributed by atoms with Crippen molar-refractivity contribution in [3.8, 4) is 11.8 Å². The third kappa shape index (κ3) is 5.55. The highest BCUT2D eigenvalue weighted by Gasteiger charge is 2.38. The fourth-order valence-corrected chi connectivity index (χ4v) is 6.37. The molecule has 0 radical (unpaired) electrons. The fraction of sp³-hybridized carbons (Fsp3) is 0.464. The Labute approximate surface area is 191 Å². The molecule has 0 saturated heterocycles. The molecule has 1 N–H and O–H groups in total. The molecule has 1 heterocycles. The third-order valence-electron chi connectivity index (χ3n) is 6.19. The molecule has 3 heteroatoms. The molecule has 0 aliphatic carbocycles. The lowest BCUT2D eigenvalue weighted by atomic mass is 9.76. The zero-order chi connectivity index (χ0) is 22.8. The molecule has 1 aliphatic rings. The van der Waals surface area contributed by atoms with Crippen LogP contribution in [0.4, 0.5) is 0 Å². The van der Waals surface area contributed by atoms with E-state index in [2.05, 4.69) is 58.6 Å². The lowest BCUT2D eigenvalue weighted by Gasteiger charge is -2.42. The number of rotatable bonds is 5. The van der Waals surface area contributed by atoms with Gasteiger partial charge < -0.3 is 5.11 Å². The number of carboxylic acid groups (broad SMARTS) is 1. The van der Waals surface area contributed by atoms with Crippen LogP contribution in [0.5, 0.6) is 0 Å². The van der Waals surface area contributed by atoms with E-state index in [1.165, 1.54) is 16.0 Å². The summed E-state index contributed by atoms with van der Waals surface area (Å²) in [7, 11) is 0. The summed E-state index contributed by atoms with van der Waals surface area (Å²) in [5, 5.41) is 9.27. The molecule has 31 heavy (non-hydrogen) atoms. The van der Waals surface area contributed by atoms with Crippen LogP contribution < -0.4 is 0 Å². The Hall–Kier alpha value is -2.18. The van der Waals surface area contributed by atoms with Crippen molar-refractivity contribution in [1.29, 1.82) is 0 Å². The number of aryl methyl sites for hydroxylation is 1. The molecule has 2 aromatic rings. The first kappa shape index (κ1) is 23.5. The second-order valence-corrected chi connectivity index (χ2v) is 11.6. The maximum Gasteiger partial charge on any atom is 0.306 e. The molecule has 1 atom stereocenters. The zero-order valence-electron chi connectivity index (χ0n) is 19.6. The molecule has 0 amide bonds. The van der Waals surface area contributed by atoms with Crippen molar-refractivity contribution >= 4 is 17.7 Å². The standard InChI is InChI=1S/C28H34O2S/c1-7-21-17-25-24(27(3,4)18-28(5,6)31-25)16-23(21)14-13-19-9-11-20(12-10-19)15-22(8-2)26(29)30/h9-12,16-17,22H,7-8,15,18H2,1-6H3,(H,29,30). The van der Waals surface area contributed by atoms with Crippen LogP contribution in [0.3, 0.4) is 0 Å². The first-order valence-electron chi connectivity index (χ1n) is 11.2. The molecule has 0 fully saturated rings. The lowest BCUT2D eigenvalue weighted by molar-refractivity contribution is -0.141. The van der Waals surface area contributed by atoms with Gasteiger partial charge in [0.05, 0.1) is 5.92 Å². The lowest BCUT2D eigenvalue weighted by Crippen LogP contribution is -2.33. The van der Waals surface area contributed by atoms with Gasteiger partial charge in [0.1, 0.15) is 0 Å². The Kier molecular flexibility index (Phi) is 6.92. The second-order valence-electron chi connectivity index (χ2n) is 9.88. The van der Waals surface area contributed by atoms with E-state index in [9.17, 15) is 9.90 Å². The number of hydrogen-bond donors (Lipinski definition) is 1. The minimum atomic E-state index is -0.727. The second kappa shape index (κ2) is 9.13. The average Bonchev–Trinajstić information content (AvgIpc) is 2.69. The minimum Gasteiger partial charge on any atom is -0.481 e. The summed E-state index contributed by atoms with van der Waals surface area (Å²) in [6.45, 7) is 13.5. The number of carbonyl (C=O) groups is 1. The number of benzene rings is 2. The minimum absolute atomic E-state index is 0.133. The SMILES string of the molecule is CCc1cc2c(cc1C#Cc1ccc(CC(CC)C(=O)O)cc1)C(C)(C)CC(C)(C)S2. The predicted octanol–water partition coefficient (Wildman–Crippen LogP) is 6.85. The van der Waals surface area contributed by atoms with Gasteiger partial charge in [-0.15, -0.1) is 11.8 Å². The van der Waals surface area contributed by atoms with E-state index in [1.54, 1.807) is 0 Å². The molecular weight excluding hydrogens is 400 g/mol. The summed E-state index contributed by atoms with van der Waals surface area (Å²) >= 11 is 1.99. The highest BCUT2D eigenvalue weighted by atomic mass is 32.2. The Morgan fingerprint density at radius 2 is 1.77 bits per heavy atom. The molecule has 0 aromatic heterocycles. The van der Waals surface area contributed by atoms with Crippen molar-refractivity contribution in [2.45, 2.75) is 82.3 Å². The van der Waals surface area contributed by atoms with Gasteiger partial charge in [-0.05, 0) is 72.1 Å². The van der Waals surface area contributed by atoms with Crippen molar-refractivity contribution in [3.05, 3.63) is 64.2 Å². The van der Waals surface area contributed by atoms with E-state index < -0.39 is 5.97 Å². The maximum absolute atomic E-state index is 11.3. The molecule has 1 unspecified atom stereocenters. The smallest absolute Gasteiger partial charge is 0.306 e. The fourth-order valence-electron chi connectivity index (χ4n) is 4.69. The molecule has 1 aliphatic heterocycles. The van der Waals surface area contributed by atoms with Crippen molar-refractivity contribution in [2.24, 2.45) is 5.92 Å². The van der Waals surface area contributed by atoms with Crippen LogP contribution in [0.1, 0.15) is 82.2 Å². The van der Waals surface area contributed by atoms with Crippen LogP contribution in [-0.2, 0) is 23.1 Å². The quantitative estimate of drug-likeness (QED) is 0.523. The van der Waals surface area contributed by atoms with Gasteiger partial charge in [0, 0.05) is 20.8 Å². The van der Waals surface area contributed by atoms with Crippen LogP contribution >= 0.6 is 11.8 Å². The summed E-state index contributed by atoms with van der Waals surface area (Å²) in [6.07, 6.45) is 3.31. The normalized spacial score (nSPS) is 17.2. The molecule has 3 rings (SSSR count). The molecule has 2 aromatic carbocycles. The van der Waals surface area contributed by atoms with Gasteiger partial charge in [-0.3, -0.25) is 4.79 Å². The summed E-state index contributed by atoms with van der Waals surface area (Å²) in [4.78, 5) is 12.7. The Morgan fingerprint density at radius 1 is 1.10 bits per heavy atom. The molecule has 2 nitrogen and oxygen atoms in total. The topological polar surface area (TPSA) is 37.3 Å². The predicted molar refractivity (Wildman–Crippen MR) is 131 cm³/mol. The first-order chi connectivity index (χ1) is 14.5. The number of thioether (sulfide) groups is 1. The molecule has 0 bridgehead atoms. The van der Waals surface area contributed by atoms with Crippen molar-refractivity contribution < 1.29 is 9.90 Å². The largest absolute Gasteiger partial charge is 0.481 e. The third-order valence-corrected chi connectivity index (χ3v) is 7.44. The van der Waals surface area contributed by atoms with Crippen molar-refractivity contribution in [2.75, 3.05) is 0 Å². The highest BCUT2D eigenvalue weighted by Crippen LogP contribution is 2.51. The number of carboxylic acids is 1. The number of hydrogen-bond acceptors (Lipinski definition) is 2. The molecule has 0 saturated carbocycles. The Balaban J connectivity index is 1.88. The Bertz CT molecular complexity index is 1020. The molecule has 0 spiro atoms. The van der Waals surface area contributed by atoms with Crippen molar-refractivity contribution in [1.82, 2.24) is 0 Å². The van der Waals surface area contributed by atoms with E-state index in [0.717, 1.165) is 29.5 Å². The maximum atomic E-state index is 11.3. The van der Waals surface area contributed by atoms with Gasteiger partial charge in [-0.1, -0.05) is 65.5 Å². The zero-order valence-corrected chi connectivity index (χ0v) is 20.5. The highest BCUT2D eigenvalue weighted by molar-refractivity contribution is 8.00. The van der Waals surface area contributed by atoms with E-state index in [1.807, 2.05) is 43.0 Å². The summed E-state index contributed by atoms with van der Waals surface area (Å²) in [5.74, 6) is 5.70. The van der Waals surface area contributed by atoms with Gasteiger partial charge in [0.2, 0.25) is 0 Å². The van der Waals surface area contributed by atoms with Crippen LogP contribution in [0.25, 0.3) is 0 Å². The van der Waals surface area contributed by atoms with Crippen LogP contribution in [0.15, 0.2) is 41.3 Å². The van der Waals surface area contributed by atoms with E-state index >= 15 is 0 Å². The van der Waals surface area contributed by atoms with Crippen LogP contribution in [0.2, 0.25) is 0 Å². The van der Waals surface area contributed by atoms with Crippen molar-refractivity contribution in [3.63, 3.8) is 0 Å². The van der Waals surface area contributed by atoms with E-state index in [4.69, 9.17) is 0 Å². The Morgan fingerprint density at radius 3 is 2.35 bits per heavy atom. The van der Waals surface area contributed by atoms with E-state index in [-0.39, 0.29) is 16.1 Å². The average molecular weight is 435 g/mol. The summed E-state index contributed by atoms with van der Waals surface area (Å²) < 4.78 is 0.244. The van der Waals surface area contributed by atoms with Gasteiger partial charge in [0.25, 0.3) is 0 Å². The van der Waals surface area contributed by atoms with Crippen LogP contribution in [0, 0.1) is 17.8 Å². The van der Waals surface area contributed by atoms with Gasteiger partial charge in [0.15, 0.2) is 0 Å². The van der Waals surface area contributed by atoms with Gasteiger partial charge in [-0.2, -0.15) is 0 Å². The summed E-state index contributed by atoms with van der Waals surface area (Å²) in [6, 6.07) is 12.7. The van der Waals surface area contributed by atoms with Gasteiger partial charge in [-0.25, -0.2) is 0 Å². The van der Waals surface area contributed by atoms with Gasteiger partial charge >= 0.3 is 5.97 Å². The van der Waals surface area contributed by atoms with Crippen LogP contribution in [-0.4, -0.2) is 15.8 Å². The molecular formula is C28H34O2S. The number of aliphatic carboxylic acids is 1. The number of fused-ring (bicyclic) bond motifs is 1. The molecule has 164 valence electrons. The monoisotopic (exact) mass is 434 g/mol. The van der Waals surface area contributed by atoms with E-state index in [0.29, 0.717) is 12.8 Å². The summed E-state index contributed by atoms with van der Waals surface area (Å²) in [5.41, 5.74) is 5.97. The first-order valence-corrected chi connectivity index (χ1v) is 12.1.